The third-order valence-corrected chi connectivity index (χ3v) is 10.0. The summed E-state index contributed by atoms with van der Waals surface area (Å²) < 4.78 is 6.63. The molecular formula is C48H31NO. The van der Waals surface area contributed by atoms with Gasteiger partial charge in [-0.1, -0.05) is 152 Å². The summed E-state index contributed by atoms with van der Waals surface area (Å²) in [5, 5.41) is 9.61. The van der Waals surface area contributed by atoms with Gasteiger partial charge in [0.05, 0.1) is 11.4 Å². The molecule has 234 valence electrons. The standard InChI is InChI=1S/C48H31NO/c1-2-11-36-30-37(25-24-32(36)10-1)35-22-20-33(21-23-35)34-26-28-39(29-27-34)49(45-18-9-17-44-43-16-7-8-19-47(43)50-48(44)45)46-31-38-12-3-4-13-40(38)41-14-5-6-15-42(41)46/h1-31H. The average Bonchev–Trinajstić information content (AvgIpc) is 3.58. The van der Waals surface area contributed by atoms with Crippen LogP contribution in [0.4, 0.5) is 17.1 Å². The van der Waals surface area contributed by atoms with E-state index in [2.05, 4.69) is 187 Å². The highest BCUT2D eigenvalue weighted by molar-refractivity contribution is 6.16. The lowest BCUT2D eigenvalue weighted by Crippen LogP contribution is -2.11. The van der Waals surface area contributed by atoms with Gasteiger partial charge in [-0.15, -0.1) is 0 Å². The van der Waals surface area contributed by atoms with E-state index < -0.39 is 0 Å². The maximum Gasteiger partial charge on any atom is 0.159 e. The predicted molar refractivity (Wildman–Crippen MR) is 212 cm³/mol. The first-order valence-corrected chi connectivity index (χ1v) is 17.1. The summed E-state index contributed by atoms with van der Waals surface area (Å²) in [6, 6.07) is 67.5. The zero-order chi connectivity index (χ0) is 33.0. The molecule has 0 fully saturated rings. The number of anilines is 3. The van der Waals surface area contributed by atoms with E-state index in [1.165, 1.54) is 54.6 Å². The fourth-order valence-corrected chi connectivity index (χ4v) is 7.56. The molecule has 9 aromatic carbocycles. The largest absolute Gasteiger partial charge is 0.454 e. The Bertz CT molecular complexity index is 2860. The maximum atomic E-state index is 6.63. The summed E-state index contributed by atoms with van der Waals surface area (Å²) in [4.78, 5) is 2.37. The van der Waals surface area contributed by atoms with Gasteiger partial charge in [-0.05, 0) is 85.6 Å². The quantitative estimate of drug-likeness (QED) is 0.175. The summed E-state index contributed by atoms with van der Waals surface area (Å²) in [6.45, 7) is 0. The van der Waals surface area contributed by atoms with Crippen LogP contribution in [0, 0.1) is 0 Å². The van der Waals surface area contributed by atoms with Crippen LogP contribution in [0.25, 0.3) is 76.5 Å². The van der Waals surface area contributed by atoms with Crippen LogP contribution in [0.2, 0.25) is 0 Å². The van der Waals surface area contributed by atoms with Gasteiger partial charge >= 0.3 is 0 Å². The second kappa shape index (κ2) is 11.5. The van der Waals surface area contributed by atoms with Gasteiger partial charge in [0.2, 0.25) is 0 Å². The number of para-hydroxylation sites is 2. The van der Waals surface area contributed by atoms with Gasteiger partial charge < -0.3 is 9.32 Å². The van der Waals surface area contributed by atoms with E-state index in [9.17, 15) is 0 Å². The lowest BCUT2D eigenvalue weighted by atomic mass is 9.97. The molecule has 0 N–H and O–H groups in total. The summed E-state index contributed by atoms with van der Waals surface area (Å²) in [7, 11) is 0. The van der Waals surface area contributed by atoms with E-state index in [1.54, 1.807) is 0 Å². The van der Waals surface area contributed by atoms with Crippen molar-refractivity contribution >= 4 is 71.3 Å². The van der Waals surface area contributed by atoms with Gasteiger partial charge in [-0.3, -0.25) is 0 Å². The van der Waals surface area contributed by atoms with Crippen LogP contribution in [0.3, 0.4) is 0 Å². The zero-order valence-electron chi connectivity index (χ0n) is 27.3. The fourth-order valence-electron chi connectivity index (χ4n) is 7.56. The molecule has 0 saturated heterocycles. The van der Waals surface area contributed by atoms with Crippen LogP contribution in [0.1, 0.15) is 0 Å². The lowest BCUT2D eigenvalue weighted by Gasteiger charge is -2.27. The summed E-state index contributed by atoms with van der Waals surface area (Å²) in [5.74, 6) is 0. The van der Waals surface area contributed by atoms with E-state index in [0.717, 1.165) is 39.0 Å². The number of rotatable bonds is 5. The second-order valence-electron chi connectivity index (χ2n) is 12.9. The highest BCUT2D eigenvalue weighted by Gasteiger charge is 2.22. The van der Waals surface area contributed by atoms with Crippen LogP contribution in [0.5, 0.6) is 0 Å². The summed E-state index contributed by atoms with van der Waals surface area (Å²) in [5.41, 5.74) is 9.74. The van der Waals surface area contributed by atoms with Crippen LogP contribution >= 0.6 is 0 Å². The maximum absolute atomic E-state index is 6.63. The summed E-state index contributed by atoms with van der Waals surface area (Å²) >= 11 is 0. The molecule has 0 saturated carbocycles. The molecule has 50 heavy (non-hydrogen) atoms. The molecule has 1 heterocycles. The Balaban J connectivity index is 1.11. The minimum absolute atomic E-state index is 0.874. The Kier molecular flexibility index (Phi) is 6.53. The Morgan fingerprint density at radius 3 is 1.66 bits per heavy atom. The van der Waals surface area contributed by atoms with E-state index >= 15 is 0 Å². The Labute approximate surface area is 290 Å². The van der Waals surface area contributed by atoms with Crippen LogP contribution < -0.4 is 4.90 Å². The molecule has 0 bridgehead atoms. The highest BCUT2D eigenvalue weighted by Crippen LogP contribution is 2.46. The summed E-state index contributed by atoms with van der Waals surface area (Å²) in [6.07, 6.45) is 0. The molecule has 0 atom stereocenters. The lowest BCUT2D eigenvalue weighted by molar-refractivity contribution is 0.669. The van der Waals surface area contributed by atoms with Crippen molar-refractivity contribution in [2.24, 2.45) is 0 Å². The third-order valence-electron chi connectivity index (χ3n) is 10.0. The van der Waals surface area contributed by atoms with Crippen LogP contribution in [-0.2, 0) is 0 Å². The molecule has 10 aromatic rings. The van der Waals surface area contributed by atoms with Crippen molar-refractivity contribution in [3.63, 3.8) is 0 Å². The molecule has 0 radical (unpaired) electrons. The van der Waals surface area contributed by atoms with E-state index in [-0.39, 0.29) is 0 Å². The molecule has 0 aliphatic carbocycles. The third kappa shape index (κ3) is 4.65. The van der Waals surface area contributed by atoms with Crippen molar-refractivity contribution in [2.45, 2.75) is 0 Å². The highest BCUT2D eigenvalue weighted by atomic mass is 16.3. The van der Waals surface area contributed by atoms with Crippen molar-refractivity contribution in [3.05, 3.63) is 188 Å². The van der Waals surface area contributed by atoms with Crippen molar-refractivity contribution < 1.29 is 4.42 Å². The molecule has 2 nitrogen and oxygen atoms in total. The van der Waals surface area contributed by atoms with Gasteiger partial charge in [0.15, 0.2) is 5.58 Å². The van der Waals surface area contributed by atoms with Gasteiger partial charge in [-0.2, -0.15) is 0 Å². The molecule has 0 unspecified atom stereocenters. The molecule has 1 aromatic heterocycles. The first-order chi connectivity index (χ1) is 24.8. The molecule has 0 amide bonds. The molecule has 0 spiro atoms. The second-order valence-corrected chi connectivity index (χ2v) is 12.9. The van der Waals surface area contributed by atoms with Gasteiger partial charge in [0.1, 0.15) is 5.58 Å². The predicted octanol–water partition coefficient (Wildman–Crippen LogP) is 13.8. The first-order valence-electron chi connectivity index (χ1n) is 17.1. The van der Waals surface area contributed by atoms with E-state index in [4.69, 9.17) is 4.42 Å². The minimum atomic E-state index is 0.874. The SMILES string of the molecule is c1ccc2cc(-c3ccc(-c4ccc(N(c5cc6ccccc6c6ccccc56)c5cccc6c5oc5ccccc56)cc4)cc3)ccc2c1. The topological polar surface area (TPSA) is 16.4 Å². The number of furan rings is 1. The van der Waals surface area contributed by atoms with Crippen molar-refractivity contribution in [1.82, 2.24) is 0 Å². The molecular weight excluding hydrogens is 607 g/mol. The van der Waals surface area contributed by atoms with Gasteiger partial charge in [0.25, 0.3) is 0 Å². The average molecular weight is 638 g/mol. The van der Waals surface area contributed by atoms with Crippen molar-refractivity contribution in [1.29, 1.82) is 0 Å². The normalized spacial score (nSPS) is 11.6. The Morgan fingerprint density at radius 2 is 0.880 bits per heavy atom. The van der Waals surface area contributed by atoms with E-state index in [0.29, 0.717) is 0 Å². The van der Waals surface area contributed by atoms with Crippen LogP contribution in [0.15, 0.2) is 192 Å². The monoisotopic (exact) mass is 637 g/mol. The minimum Gasteiger partial charge on any atom is -0.454 e. The molecule has 2 heteroatoms. The number of fused-ring (bicyclic) bond motifs is 7. The van der Waals surface area contributed by atoms with Crippen LogP contribution in [-0.4, -0.2) is 0 Å². The number of benzene rings is 9. The molecule has 10 rings (SSSR count). The Hall–Kier alpha value is -6.64. The van der Waals surface area contributed by atoms with Crippen molar-refractivity contribution in [3.8, 4) is 22.3 Å². The number of hydrogen-bond donors (Lipinski definition) is 0. The zero-order valence-corrected chi connectivity index (χ0v) is 27.3. The fraction of sp³-hybridized carbons (Fsp3) is 0. The smallest absolute Gasteiger partial charge is 0.159 e. The number of hydrogen-bond acceptors (Lipinski definition) is 2. The first kappa shape index (κ1) is 28.4. The molecule has 0 aliphatic rings. The van der Waals surface area contributed by atoms with Crippen molar-refractivity contribution in [2.75, 3.05) is 4.90 Å². The number of nitrogens with zero attached hydrogens (tertiary/aromatic N) is 1. The van der Waals surface area contributed by atoms with E-state index in [1.807, 2.05) is 6.07 Å². The Morgan fingerprint density at radius 1 is 0.320 bits per heavy atom. The van der Waals surface area contributed by atoms with Gasteiger partial charge in [-0.25, -0.2) is 0 Å². The molecule has 0 aliphatic heterocycles. The van der Waals surface area contributed by atoms with Gasteiger partial charge in [0, 0.05) is 21.8 Å².